The van der Waals surface area contributed by atoms with E-state index in [4.69, 9.17) is 0 Å². The molecule has 0 atom stereocenters. The van der Waals surface area contributed by atoms with E-state index in [1.165, 1.54) is 11.1 Å². The standard InChI is InChI=1S/C17H16N2O2.HI/c1-10-7-8-12(9-11(10)2)13-5-4-6-14-15(13)19(3)16(18-14)17(20)21;/h4-9H,1-3H3,(H,20,21);1H. The van der Waals surface area contributed by atoms with Gasteiger partial charge in [0.2, 0.25) is 5.82 Å². The number of carboxylic acids is 1. The molecule has 0 aliphatic rings. The SMILES string of the molecule is Cc1ccc(-c2cccc3nc(C(=O)O)n(C)c23)cc1C.I. The van der Waals surface area contributed by atoms with Crippen molar-refractivity contribution in [3.05, 3.63) is 53.3 Å². The lowest BCUT2D eigenvalue weighted by atomic mass is 9.99. The third-order valence-electron chi connectivity index (χ3n) is 3.90. The van der Waals surface area contributed by atoms with Crippen molar-refractivity contribution in [2.24, 2.45) is 7.05 Å². The van der Waals surface area contributed by atoms with Crippen molar-refractivity contribution in [3.8, 4) is 11.1 Å². The van der Waals surface area contributed by atoms with Crippen LogP contribution in [0.1, 0.15) is 21.7 Å². The Morgan fingerprint density at radius 2 is 1.86 bits per heavy atom. The highest BCUT2D eigenvalue weighted by Crippen LogP contribution is 2.30. The minimum Gasteiger partial charge on any atom is -0.475 e. The van der Waals surface area contributed by atoms with Crippen LogP contribution in [-0.4, -0.2) is 20.6 Å². The normalized spacial score (nSPS) is 10.5. The van der Waals surface area contributed by atoms with Gasteiger partial charge in [0.05, 0.1) is 11.0 Å². The maximum atomic E-state index is 11.3. The number of hydrogen-bond donors (Lipinski definition) is 1. The highest BCUT2D eigenvalue weighted by molar-refractivity contribution is 14.0. The molecular formula is C17H17IN2O2. The summed E-state index contributed by atoms with van der Waals surface area (Å²) in [6.45, 7) is 4.15. The number of carboxylic acid groups (broad SMARTS) is 1. The maximum absolute atomic E-state index is 11.3. The Balaban J connectivity index is 0.00000176. The Kier molecular flexibility index (Phi) is 4.55. The Morgan fingerprint density at radius 1 is 1.14 bits per heavy atom. The van der Waals surface area contributed by atoms with Gasteiger partial charge in [0.25, 0.3) is 0 Å². The zero-order chi connectivity index (χ0) is 15.1. The number of halogens is 1. The van der Waals surface area contributed by atoms with Gasteiger partial charge in [-0.05, 0) is 36.6 Å². The van der Waals surface area contributed by atoms with E-state index in [1.54, 1.807) is 11.6 Å². The smallest absolute Gasteiger partial charge is 0.372 e. The van der Waals surface area contributed by atoms with E-state index >= 15 is 0 Å². The number of rotatable bonds is 2. The number of aryl methyl sites for hydroxylation is 3. The van der Waals surface area contributed by atoms with E-state index in [0.717, 1.165) is 16.6 Å². The summed E-state index contributed by atoms with van der Waals surface area (Å²) in [5, 5.41) is 9.23. The first-order valence-corrected chi connectivity index (χ1v) is 6.75. The Hall–Kier alpha value is -1.89. The lowest BCUT2D eigenvalue weighted by molar-refractivity contribution is 0.0680. The summed E-state index contributed by atoms with van der Waals surface area (Å²) in [5.41, 5.74) is 6.07. The quantitative estimate of drug-likeness (QED) is 0.648. The summed E-state index contributed by atoms with van der Waals surface area (Å²) in [6, 6.07) is 12.0. The summed E-state index contributed by atoms with van der Waals surface area (Å²) in [4.78, 5) is 15.5. The highest BCUT2D eigenvalue weighted by atomic mass is 127. The molecule has 1 aromatic heterocycles. The minimum absolute atomic E-state index is 0. The third kappa shape index (κ3) is 2.61. The van der Waals surface area contributed by atoms with E-state index in [1.807, 2.05) is 18.2 Å². The molecular weight excluding hydrogens is 391 g/mol. The fourth-order valence-corrected chi connectivity index (χ4v) is 2.60. The van der Waals surface area contributed by atoms with Gasteiger partial charge in [-0.3, -0.25) is 0 Å². The van der Waals surface area contributed by atoms with Crippen LogP contribution in [0.4, 0.5) is 0 Å². The molecule has 3 aromatic rings. The largest absolute Gasteiger partial charge is 0.475 e. The summed E-state index contributed by atoms with van der Waals surface area (Å²) in [5.74, 6) is -0.957. The van der Waals surface area contributed by atoms with Crippen molar-refractivity contribution in [2.75, 3.05) is 0 Å². The van der Waals surface area contributed by atoms with Gasteiger partial charge in [0.15, 0.2) is 0 Å². The van der Waals surface area contributed by atoms with E-state index in [9.17, 15) is 9.90 Å². The average molecular weight is 408 g/mol. The molecule has 22 heavy (non-hydrogen) atoms. The van der Waals surface area contributed by atoms with Crippen LogP contribution in [0.3, 0.4) is 0 Å². The molecule has 114 valence electrons. The summed E-state index contributed by atoms with van der Waals surface area (Å²) in [6.07, 6.45) is 0. The van der Waals surface area contributed by atoms with Crippen LogP contribution >= 0.6 is 24.0 Å². The number of para-hydroxylation sites is 1. The zero-order valence-corrected chi connectivity index (χ0v) is 15.0. The average Bonchev–Trinajstić information content (AvgIpc) is 2.80. The number of imidazole rings is 1. The van der Waals surface area contributed by atoms with E-state index in [2.05, 4.69) is 37.0 Å². The van der Waals surface area contributed by atoms with Gasteiger partial charge in [-0.1, -0.05) is 30.3 Å². The Morgan fingerprint density at radius 3 is 2.50 bits per heavy atom. The number of carbonyl (C=O) groups is 1. The zero-order valence-electron chi connectivity index (χ0n) is 12.6. The second kappa shape index (κ2) is 6.08. The van der Waals surface area contributed by atoms with Gasteiger partial charge in [-0.15, -0.1) is 24.0 Å². The van der Waals surface area contributed by atoms with Crippen LogP contribution < -0.4 is 0 Å². The van der Waals surface area contributed by atoms with Gasteiger partial charge in [0, 0.05) is 12.6 Å². The molecule has 4 nitrogen and oxygen atoms in total. The van der Waals surface area contributed by atoms with Gasteiger partial charge in [0.1, 0.15) is 0 Å². The van der Waals surface area contributed by atoms with E-state index in [-0.39, 0.29) is 29.8 Å². The molecule has 0 unspecified atom stereocenters. The maximum Gasteiger partial charge on any atom is 0.372 e. The molecule has 0 saturated heterocycles. The number of hydrogen-bond acceptors (Lipinski definition) is 2. The second-order valence-corrected chi connectivity index (χ2v) is 5.27. The van der Waals surface area contributed by atoms with Crippen molar-refractivity contribution in [3.63, 3.8) is 0 Å². The fraction of sp³-hybridized carbons (Fsp3) is 0.176. The van der Waals surface area contributed by atoms with Crippen molar-refractivity contribution in [2.45, 2.75) is 13.8 Å². The first kappa shape index (κ1) is 16.5. The number of benzene rings is 2. The molecule has 0 spiro atoms. The topological polar surface area (TPSA) is 55.1 Å². The fourth-order valence-electron chi connectivity index (χ4n) is 2.60. The molecule has 3 rings (SSSR count). The van der Waals surface area contributed by atoms with E-state index in [0.29, 0.717) is 5.52 Å². The van der Waals surface area contributed by atoms with Crippen molar-refractivity contribution in [1.29, 1.82) is 0 Å². The molecule has 0 radical (unpaired) electrons. The molecule has 5 heteroatoms. The van der Waals surface area contributed by atoms with Crippen LogP contribution in [0.5, 0.6) is 0 Å². The number of aromatic nitrogens is 2. The molecule has 0 aliphatic carbocycles. The third-order valence-corrected chi connectivity index (χ3v) is 3.90. The molecule has 0 aliphatic heterocycles. The van der Waals surface area contributed by atoms with Gasteiger partial charge in [-0.2, -0.15) is 0 Å². The van der Waals surface area contributed by atoms with Crippen molar-refractivity contribution < 1.29 is 9.90 Å². The predicted molar refractivity (Wildman–Crippen MR) is 98.0 cm³/mol. The van der Waals surface area contributed by atoms with Gasteiger partial charge in [-0.25, -0.2) is 9.78 Å². The molecule has 1 heterocycles. The van der Waals surface area contributed by atoms with Crippen LogP contribution in [0.2, 0.25) is 0 Å². The first-order chi connectivity index (χ1) is 9.99. The first-order valence-electron chi connectivity index (χ1n) is 6.75. The lowest BCUT2D eigenvalue weighted by Crippen LogP contribution is -2.05. The summed E-state index contributed by atoms with van der Waals surface area (Å²) >= 11 is 0. The molecule has 0 fully saturated rings. The van der Waals surface area contributed by atoms with Crippen molar-refractivity contribution >= 4 is 41.0 Å². The highest BCUT2D eigenvalue weighted by Gasteiger charge is 2.17. The van der Waals surface area contributed by atoms with Crippen LogP contribution in [0.25, 0.3) is 22.2 Å². The summed E-state index contributed by atoms with van der Waals surface area (Å²) < 4.78 is 1.64. The van der Waals surface area contributed by atoms with Gasteiger partial charge < -0.3 is 9.67 Å². The Labute approximate surface area is 145 Å². The van der Waals surface area contributed by atoms with Gasteiger partial charge >= 0.3 is 5.97 Å². The van der Waals surface area contributed by atoms with Crippen LogP contribution in [-0.2, 0) is 7.05 Å². The molecule has 0 amide bonds. The molecule has 0 saturated carbocycles. The van der Waals surface area contributed by atoms with E-state index < -0.39 is 5.97 Å². The predicted octanol–water partition coefficient (Wildman–Crippen LogP) is 4.17. The second-order valence-electron chi connectivity index (χ2n) is 5.27. The number of aromatic carboxylic acids is 1. The number of fused-ring (bicyclic) bond motifs is 1. The minimum atomic E-state index is -1.01. The van der Waals surface area contributed by atoms with Crippen molar-refractivity contribution in [1.82, 2.24) is 9.55 Å². The number of nitrogens with zero attached hydrogens (tertiary/aromatic N) is 2. The van der Waals surface area contributed by atoms with Crippen LogP contribution in [0, 0.1) is 13.8 Å². The summed E-state index contributed by atoms with van der Waals surface area (Å²) in [7, 11) is 1.74. The lowest BCUT2D eigenvalue weighted by Gasteiger charge is -2.08. The molecule has 2 aromatic carbocycles. The monoisotopic (exact) mass is 408 g/mol. The van der Waals surface area contributed by atoms with Crippen LogP contribution in [0.15, 0.2) is 36.4 Å². The molecule has 0 bridgehead atoms. The molecule has 1 N–H and O–H groups in total. The Bertz CT molecular complexity index is 868.